The number of pyridine rings is 1. The molecule has 0 amide bonds. The van der Waals surface area contributed by atoms with Gasteiger partial charge in [0, 0.05) is 10.8 Å². The van der Waals surface area contributed by atoms with Crippen molar-refractivity contribution in [2.75, 3.05) is 21.3 Å². The Morgan fingerprint density at radius 3 is 2.24 bits per heavy atom. The van der Waals surface area contributed by atoms with Crippen molar-refractivity contribution in [1.29, 1.82) is 0 Å². The van der Waals surface area contributed by atoms with Gasteiger partial charge in [0.2, 0.25) is 5.75 Å². The third kappa shape index (κ3) is 1.95. The third-order valence-electron chi connectivity index (χ3n) is 3.75. The number of aromatic nitrogens is 1. The van der Waals surface area contributed by atoms with E-state index in [0.717, 1.165) is 27.4 Å². The zero-order chi connectivity index (χ0) is 15.0. The lowest BCUT2D eigenvalue weighted by atomic mass is 10.0. The minimum atomic E-state index is 0.565. The molecule has 0 N–H and O–H groups in total. The van der Waals surface area contributed by atoms with Gasteiger partial charge in [-0.3, -0.25) is 0 Å². The summed E-state index contributed by atoms with van der Waals surface area (Å²) in [5.41, 5.74) is 2.87. The largest absolute Gasteiger partial charge is 0.493 e. The number of fused-ring (bicyclic) bond motifs is 2. The van der Waals surface area contributed by atoms with Crippen LogP contribution in [0, 0.1) is 6.92 Å². The molecule has 0 fully saturated rings. The van der Waals surface area contributed by atoms with E-state index in [0.29, 0.717) is 17.2 Å². The standard InChI is InChI=1S/C17H17NO3/c1-10-11-7-5-6-8-13(11)18-15-12(10)9-14(19-2)16(20-3)17(15)21-4/h5-9H,1-4H3. The van der Waals surface area contributed by atoms with Crippen molar-refractivity contribution in [3.63, 3.8) is 0 Å². The number of hydrogen-bond acceptors (Lipinski definition) is 4. The first-order valence-electron chi connectivity index (χ1n) is 6.69. The summed E-state index contributed by atoms with van der Waals surface area (Å²) in [6, 6.07) is 10.0. The molecule has 2 aromatic carbocycles. The van der Waals surface area contributed by atoms with Crippen LogP contribution in [0.3, 0.4) is 0 Å². The SMILES string of the molecule is COc1cc2c(C)c3ccccc3nc2c(OC)c1OC. The summed E-state index contributed by atoms with van der Waals surface area (Å²) in [4.78, 5) is 4.73. The molecule has 0 spiro atoms. The first-order valence-corrected chi connectivity index (χ1v) is 6.69. The van der Waals surface area contributed by atoms with E-state index in [1.54, 1.807) is 21.3 Å². The van der Waals surface area contributed by atoms with E-state index in [1.165, 1.54) is 0 Å². The maximum Gasteiger partial charge on any atom is 0.205 e. The Bertz CT molecular complexity index is 827. The van der Waals surface area contributed by atoms with Gasteiger partial charge in [0.1, 0.15) is 5.52 Å². The number of hydrogen-bond donors (Lipinski definition) is 0. The van der Waals surface area contributed by atoms with Gasteiger partial charge in [-0.25, -0.2) is 4.98 Å². The number of benzene rings is 2. The zero-order valence-corrected chi connectivity index (χ0v) is 12.6. The summed E-state index contributed by atoms with van der Waals surface area (Å²) in [7, 11) is 4.83. The van der Waals surface area contributed by atoms with Crippen LogP contribution in [0.2, 0.25) is 0 Å². The van der Waals surface area contributed by atoms with E-state index in [4.69, 9.17) is 19.2 Å². The fourth-order valence-electron chi connectivity index (χ4n) is 2.69. The summed E-state index contributed by atoms with van der Waals surface area (Å²) in [6.07, 6.45) is 0. The highest BCUT2D eigenvalue weighted by Crippen LogP contribution is 2.44. The lowest BCUT2D eigenvalue weighted by Gasteiger charge is -2.16. The molecule has 108 valence electrons. The van der Waals surface area contributed by atoms with Crippen LogP contribution in [0.25, 0.3) is 21.8 Å². The van der Waals surface area contributed by atoms with Crippen LogP contribution < -0.4 is 14.2 Å². The molecule has 0 radical (unpaired) electrons. The Morgan fingerprint density at radius 2 is 1.57 bits per heavy atom. The Morgan fingerprint density at radius 1 is 0.857 bits per heavy atom. The molecule has 0 bridgehead atoms. The summed E-state index contributed by atoms with van der Waals surface area (Å²) < 4.78 is 16.4. The summed E-state index contributed by atoms with van der Waals surface area (Å²) >= 11 is 0. The van der Waals surface area contributed by atoms with Crippen molar-refractivity contribution < 1.29 is 14.2 Å². The molecular weight excluding hydrogens is 266 g/mol. The Labute approximate surface area is 123 Å². The van der Waals surface area contributed by atoms with Gasteiger partial charge in [-0.2, -0.15) is 0 Å². The molecule has 1 heterocycles. The van der Waals surface area contributed by atoms with Gasteiger partial charge >= 0.3 is 0 Å². The molecule has 0 aliphatic carbocycles. The van der Waals surface area contributed by atoms with E-state index in [1.807, 2.05) is 24.3 Å². The topological polar surface area (TPSA) is 40.6 Å². The maximum atomic E-state index is 5.53. The van der Waals surface area contributed by atoms with Crippen molar-refractivity contribution in [3.8, 4) is 17.2 Å². The predicted octanol–water partition coefficient (Wildman–Crippen LogP) is 3.72. The average molecular weight is 283 g/mol. The molecule has 4 heteroatoms. The van der Waals surface area contributed by atoms with Crippen LogP contribution in [0.4, 0.5) is 0 Å². The van der Waals surface area contributed by atoms with Crippen LogP contribution in [0.15, 0.2) is 30.3 Å². The van der Waals surface area contributed by atoms with Gasteiger partial charge in [-0.15, -0.1) is 0 Å². The first-order chi connectivity index (χ1) is 10.2. The maximum absolute atomic E-state index is 5.53. The van der Waals surface area contributed by atoms with Crippen molar-refractivity contribution in [2.24, 2.45) is 0 Å². The van der Waals surface area contributed by atoms with Crippen molar-refractivity contribution >= 4 is 21.8 Å². The Hall–Kier alpha value is -2.49. The fourth-order valence-corrected chi connectivity index (χ4v) is 2.69. The number of rotatable bonds is 3. The molecule has 21 heavy (non-hydrogen) atoms. The first kappa shape index (κ1) is 13.5. The number of methoxy groups -OCH3 is 3. The van der Waals surface area contributed by atoms with Crippen LogP contribution in [0.1, 0.15) is 5.56 Å². The Balaban J connectivity index is 2.52. The zero-order valence-electron chi connectivity index (χ0n) is 12.6. The highest BCUT2D eigenvalue weighted by molar-refractivity contribution is 6.01. The molecule has 1 aromatic heterocycles. The van der Waals surface area contributed by atoms with Crippen LogP contribution >= 0.6 is 0 Å². The second kappa shape index (κ2) is 5.13. The van der Waals surface area contributed by atoms with Gasteiger partial charge in [-0.05, 0) is 24.6 Å². The van der Waals surface area contributed by atoms with Gasteiger partial charge in [0.05, 0.1) is 26.8 Å². The van der Waals surface area contributed by atoms with E-state index >= 15 is 0 Å². The van der Waals surface area contributed by atoms with E-state index in [9.17, 15) is 0 Å². The molecule has 3 rings (SSSR count). The monoisotopic (exact) mass is 283 g/mol. The molecule has 0 unspecified atom stereocenters. The van der Waals surface area contributed by atoms with Crippen LogP contribution in [-0.2, 0) is 0 Å². The van der Waals surface area contributed by atoms with Crippen molar-refractivity contribution in [1.82, 2.24) is 4.98 Å². The second-order valence-electron chi connectivity index (χ2n) is 4.80. The highest BCUT2D eigenvalue weighted by atomic mass is 16.5. The minimum Gasteiger partial charge on any atom is -0.493 e. The van der Waals surface area contributed by atoms with Crippen molar-refractivity contribution in [3.05, 3.63) is 35.9 Å². The lowest BCUT2D eigenvalue weighted by molar-refractivity contribution is 0.327. The Kier molecular flexibility index (Phi) is 3.29. The minimum absolute atomic E-state index is 0.565. The molecule has 0 atom stereocenters. The number of para-hydroxylation sites is 1. The summed E-state index contributed by atoms with van der Waals surface area (Å²) in [5, 5.41) is 2.13. The molecular formula is C17H17NO3. The normalized spacial score (nSPS) is 10.9. The number of aryl methyl sites for hydroxylation is 1. The molecule has 3 aromatic rings. The van der Waals surface area contributed by atoms with E-state index in [-0.39, 0.29) is 0 Å². The molecule has 0 saturated heterocycles. The molecule has 0 aliphatic heterocycles. The molecule has 4 nitrogen and oxygen atoms in total. The summed E-state index contributed by atoms with van der Waals surface area (Å²) in [5.74, 6) is 1.80. The lowest BCUT2D eigenvalue weighted by Crippen LogP contribution is -1.98. The van der Waals surface area contributed by atoms with Gasteiger partial charge in [-0.1, -0.05) is 18.2 Å². The van der Waals surface area contributed by atoms with Crippen molar-refractivity contribution in [2.45, 2.75) is 6.92 Å². The molecule has 0 saturated carbocycles. The molecule has 0 aliphatic rings. The predicted molar refractivity (Wildman–Crippen MR) is 83.6 cm³/mol. The van der Waals surface area contributed by atoms with Gasteiger partial charge in [0.15, 0.2) is 11.5 Å². The van der Waals surface area contributed by atoms with Crippen LogP contribution in [-0.4, -0.2) is 26.3 Å². The van der Waals surface area contributed by atoms with E-state index in [2.05, 4.69) is 13.0 Å². The third-order valence-corrected chi connectivity index (χ3v) is 3.75. The smallest absolute Gasteiger partial charge is 0.205 e. The van der Waals surface area contributed by atoms with Gasteiger partial charge in [0.25, 0.3) is 0 Å². The number of nitrogens with zero attached hydrogens (tertiary/aromatic N) is 1. The number of ether oxygens (including phenoxy) is 3. The van der Waals surface area contributed by atoms with Gasteiger partial charge < -0.3 is 14.2 Å². The van der Waals surface area contributed by atoms with E-state index < -0.39 is 0 Å². The quantitative estimate of drug-likeness (QED) is 0.687. The fraction of sp³-hybridized carbons (Fsp3) is 0.235. The van der Waals surface area contributed by atoms with Crippen LogP contribution in [0.5, 0.6) is 17.2 Å². The highest BCUT2D eigenvalue weighted by Gasteiger charge is 2.19. The average Bonchev–Trinajstić information content (AvgIpc) is 2.53. The summed E-state index contributed by atoms with van der Waals surface area (Å²) in [6.45, 7) is 2.08. The second-order valence-corrected chi connectivity index (χ2v) is 4.80.